The molecule has 7 heteroatoms. The van der Waals surface area contributed by atoms with Crippen LogP contribution in [-0.4, -0.2) is 46.8 Å². The number of thioether (sulfide) groups is 1. The van der Waals surface area contributed by atoms with Crippen molar-refractivity contribution in [1.82, 2.24) is 14.9 Å². The molecule has 0 aliphatic heterocycles. The second kappa shape index (κ2) is 8.75. The monoisotopic (exact) mass is 349 g/mol. The smallest absolute Gasteiger partial charge is 0.257 e. The third-order valence-corrected chi connectivity index (χ3v) is 4.08. The number of nitrogens with zero attached hydrogens (tertiary/aromatic N) is 3. The van der Waals surface area contributed by atoms with Crippen molar-refractivity contribution in [2.75, 3.05) is 20.0 Å². The molecule has 5 nitrogen and oxygen atoms in total. The summed E-state index contributed by atoms with van der Waals surface area (Å²) < 4.78 is 18.6. The van der Waals surface area contributed by atoms with Crippen LogP contribution in [0.3, 0.4) is 0 Å². The van der Waals surface area contributed by atoms with E-state index in [1.165, 1.54) is 36.3 Å². The summed E-state index contributed by atoms with van der Waals surface area (Å²) in [4.78, 5) is 22.8. The molecule has 0 saturated carbocycles. The van der Waals surface area contributed by atoms with E-state index >= 15 is 0 Å². The highest BCUT2D eigenvalue weighted by molar-refractivity contribution is 7.98. The minimum absolute atomic E-state index is 0.175. The second-order valence-corrected chi connectivity index (χ2v) is 6.10. The maximum atomic E-state index is 13.4. The second-order valence-electron chi connectivity index (χ2n) is 5.33. The van der Waals surface area contributed by atoms with Gasteiger partial charge in [0.25, 0.3) is 5.91 Å². The van der Waals surface area contributed by atoms with Crippen molar-refractivity contribution in [3.63, 3.8) is 0 Å². The van der Waals surface area contributed by atoms with Crippen LogP contribution in [-0.2, 0) is 11.3 Å². The van der Waals surface area contributed by atoms with Gasteiger partial charge >= 0.3 is 0 Å². The van der Waals surface area contributed by atoms with Gasteiger partial charge in [-0.25, -0.2) is 14.4 Å². The molecule has 1 unspecified atom stereocenters. The van der Waals surface area contributed by atoms with Crippen LogP contribution in [0.1, 0.15) is 22.8 Å². The van der Waals surface area contributed by atoms with Gasteiger partial charge in [-0.2, -0.15) is 0 Å². The Morgan fingerprint density at radius 3 is 2.67 bits per heavy atom. The average molecular weight is 349 g/mol. The van der Waals surface area contributed by atoms with Gasteiger partial charge in [0.2, 0.25) is 0 Å². The molecule has 24 heavy (non-hydrogen) atoms. The Bertz CT molecular complexity index is 682. The molecule has 0 bridgehead atoms. The van der Waals surface area contributed by atoms with E-state index in [-0.39, 0.29) is 24.3 Å². The molecule has 0 fully saturated rings. The number of amides is 1. The number of ether oxygens (including phenoxy) is 1. The fourth-order valence-corrected chi connectivity index (χ4v) is 2.61. The fourth-order valence-electron chi connectivity index (χ4n) is 2.29. The van der Waals surface area contributed by atoms with Gasteiger partial charge < -0.3 is 9.64 Å². The van der Waals surface area contributed by atoms with Crippen LogP contribution in [0.5, 0.6) is 0 Å². The summed E-state index contributed by atoms with van der Waals surface area (Å²) in [6, 6.07) is 6.04. The molecular weight excluding hydrogens is 329 g/mol. The molecule has 2 aromatic rings. The van der Waals surface area contributed by atoms with Crippen molar-refractivity contribution >= 4 is 17.7 Å². The first-order valence-electron chi connectivity index (χ1n) is 7.45. The lowest BCUT2D eigenvalue weighted by molar-refractivity contribution is 0.0541. The molecule has 128 valence electrons. The van der Waals surface area contributed by atoms with Gasteiger partial charge in [0.05, 0.1) is 18.2 Å². The quantitative estimate of drug-likeness (QED) is 0.568. The molecule has 0 spiro atoms. The number of aromatic nitrogens is 2. The van der Waals surface area contributed by atoms with Crippen LogP contribution in [0.25, 0.3) is 0 Å². The predicted octanol–water partition coefficient (Wildman–Crippen LogP) is 3.01. The first kappa shape index (κ1) is 18.4. The van der Waals surface area contributed by atoms with Crippen LogP contribution >= 0.6 is 11.8 Å². The van der Waals surface area contributed by atoms with E-state index < -0.39 is 0 Å². The highest BCUT2D eigenvalue weighted by Crippen LogP contribution is 2.15. The zero-order valence-electron chi connectivity index (χ0n) is 13.9. The zero-order chi connectivity index (χ0) is 17.5. The molecule has 0 aliphatic rings. The molecule has 0 aliphatic carbocycles. The summed E-state index contributed by atoms with van der Waals surface area (Å²) in [5, 5.41) is 0.605. The number of hydrogen-bond donors (Lipinski definition) is 0. The van der Waals surface area contributed by atoms with E-state index in [0.717, 1.165) is 0 Å². The standard InChI is InChI=1S/C17H20FN3O2S/c1-12(11-23-2)21(10-13-5-4-6-15(18)7-13)16(22)14-8-19-17(24-3)20-9-14/h4-9,12H,10-11H2,1-3H3. The average Bonchev–Trinajstić information content (AvgIpc) is 2.59. The number of benzene rings is 1. The molecule has 1 aromatic carbocycles. The van der Waals surface area contributed by atoms with Crippen molar-refractivity contribution < 1.29 is 13.9 Å². The largest absolute Gasteiger partial charge is 0.383 e. The Hall–Kier alpha value is -1.99. The Labute approximate surface area is 145 Å². The molecule has 0 saturated heterocycles. The summed E-state index contributed by atoms with van der Waals surface area (Å²) in [6.07, 6.45) is 4.90. The molecule has 1 amide bonds. The summed E-state index contributed by atoms with van der Waals surface area (Å²) >= 11 is 1.41. The van der Waals surface area contributed by atoms with Gasteiger partial charge in [-0.3, -0.25) is 4.79 Å². The Morgan fingerprint density at radius 1 is 1.38 bits per heavy atom. The number of halogens is 1. The number of rotatable bonds is 7. The van der Waals surface area contributed by atoms with E-state index in [1.54, 1.807) is 24.1 Å². The van der Waals surface area contributed by atoms with Gasteiger partial charge in [0, 0.05) is 26.0 Å². The van der Waals surface area contributed by atoms with E-state index in [1.807, 2.05) is 13.2 Å². The molecule has 1 atom stereocenters. The van der Waals surface area contributed by atoms with Gasteiger partial charge in [-0.15, -0.1) is 0 Å². The fraction of sp³-hybridized carbons (Fsp3) is 0.353. The number of carbonyl (C=O) groups excluding carboxylic acids is 1. The summed E-state index contributed by atoms with van der Waals surface area (Å²) in [5.41, 5.74) is 1.11. The van der Waals surface area contributed by atoms with Crippen LogP contribution in [0.4, 0.5) is 4.39 Å². The molecule has 1 heterocycles. The van der Waals surface area contributed by atoms with Crippen LogP contribution < -0.4 is 0 Å². The van der Waals surface area contributed by atoms with E-state index in [4.69, 9.17) is 4.74 Å². The normalized spacial score (nSPS) is 12.0. The lowest BCUT2D eigenvalue weighted by Gasteiger charge is -2.29. The summed E-state index contributed by atoms with van der Waals surface area (Å²) in [5.74, 6) is -0.539. The van der Waals surface area contributed by atoms with E-state index in [0.29, 0.717) is 22.9 Å². The highest BCUT2D eigenvalue weighted by atomic mass is 32.2. The molecule has 1 aromatic heterocycles. The van der Waals surface area contributed by atoms with Crippen LogP contribution in [0, 0.1) is 5.82 Å². The maximum absolute atomic E-state index is 13.4. The first-order valence-corrected chi connectivity index (χ1v) is 8.68. The van der Waals surface area contributed by atoms with Crippen LogP contribution in [0.15, 0.2) is 41.8 Å². The maximum Gasteiger partial charge on any atom is 0.257 e. The van der Waals surface area contributed by atoms with Crippen molar-refractivity contribution in [2.24, 2.45) is 0 Å². The molecule has 0 N–H and O–H groups in total. The Balaban J connectivity index is 2.25. The van der Waals surface area contributed by atoms with E-state index in [2.05, 4.69) is 9.97 Å². The number of carbonyl (C=O) groups is 1. The molecule has 2 rings (SSSR count). The van der Waals surface area contributed by atoms with Crippen molar-refractivity contribution in [3.05, 3.63) is 53.6 Å². The lowest BCUT2D eigenvalue weighted by Crippen LogP contribution is -2.40. The molecular formula is C17H20FN3O2S. The number of hydrogen-bond acceptors (Lipinski definition) is 5. The SMILES string of the molecule is COCC(C)N(Cc1cccc(F)c1)C(=O)c1cnc(SC)nc1. The summed E-state index contributed by atoms with van der Waals surface area (Å²) in [6.45, 7) is 2.55. The Morgan fingerprint density at radius 2 is 2.08 bits per heavy atom. The minimum Gasteiger partial charge on any atom is -0.383 e. The van der Waals surface area contributed by atoms with E-state index in [9.17, 15) is 9.18 Å². The third-order valence-electron chi connectivity index (χ3n) is 3.50. The Kier molecular flexibility index (Phi) is 6.69. The van der Waals surface area contributed by atoms with Crippen molar-refractivity contribution in [1.29, 1.82) is 0 Å². The van der Waals surface area contributed by atoms with Crippen molar-refractivity contribution in [3.8, 4) is 0 Å². The summed E-state index contributed by atoms with van der Waals surface area (Å²) in [7, 11) is 1.58. The topological polar surface area (TPSA) is 55.3 Å². The zero-order valence-corrected chi connectivity index (χ0v) is 14.7. The van der Waals surface area contributed by atoms with Crippen molar-refractivity contribution in [2.45, 2.75) is 24.7 Å². The minimum atomic E-state index is -0.327. The predicted molar refractivity (Wildman–Crippen MR) is 91.4 cm³/mol. The van der Waals surface area contributed by atoms with Gasteiger partial charge in [0.1, 0.15) is 5.82 Å². The van der Waals surface area contributed by atoms with Gasteiger partial charge in [0.15, 0.2) is 5.16 Å². The third kappa shape index (κ3) is 4.75. The van der Waals surface area contributed by atoms with Crippen LogP contribution in [0.2, 0.25) is 0 Å². The van der Waals surface area contributed by atoms with Gasteiger partial charge in [-0.1, -0.05) is 23.9 Å². The molecule has 0 radical (unpaired) electrons. The number of methoxy groups -OCH3 is 1. The lowest BCUT2D eigenvalue weighted by atomic mass is 10.1. The van der Waals surface area contributed by atoms with Gasteiger partial charge in [-0.05, 0) is 30.9 Å². The first-order chi connectivity index (χ1) is 11.5. The highest BCUT2D eigenvalue weighted by Gasteiger charge is 2.22.